The van der Waals surface area contributed by atoms with E-state index in [0.717, 1.165) is 66.8 Å². The summed E-state index contributed by atoms with van der Waals surface area (Å²) < 4.78 is 6.31. The minimum atomic E-state index is 0.613. The molecule has 5 heteroatoms. The zero-order valence-electron chi connectivity index (χ0n) is 27.0. The fraction of sp³-hybridized carbons (Fsp3) is 0. The molecule has 0 amide bonds. The monoisotopic (exact) mass is 642 g/mol. The fourth-order valence-corrected chi connectivity index (χ4v) is 6.44. The minimum absolute atomic E-state index is 0.613. The summed E-state index contributed by atoms with van der Waals surface area (Å²) >= 11 is 0. The second-order valence-electron chi connectivity index (χ2n) is 12.1. The number of aromatic nitrogens is 3. The molecule has 7 aromatic carbocycles. The van der Waals surface area contributed by atoms with E-state index in [4.69, 9.17) is 19.4 Å². The van der Waals surface area contributed by atoms with Gasteiger partial charge in [0.15, 0.2) is 17.5 Å². The van der Waals surface area contributed by atoms with E-state index in [2.05, 4.69) is 102 Å². The Bertz CT molecular complexity index is 2470. The second-order valence-corrected chi connectivity index (χ2v) is 12.1. The van der Waals surface area contributed by atoms with Gasteiger partial charge in [0, 0.05) is 44.5 Å². The van der Waals surface area contributed by atoms with E-state index < -0.39 is 0 Å². The molecule has 2 aromatic heterocycles. The Balaban J connectivity index is 1.11. The van der Waals surface area contributed by atoms with E-state index in [1.807, 2.05) is 84.9 Å². The lowest BCUT2D eigenvalue weighted by Crippen LogP contribution is -2.09. The number of benzene rings is 7. The molecule has 236 valence electrons. The Morgan fingerprint density at radius 1 is 0.320 bits per heavy atom. The normalized spacial score (nSPS) is 11.2. The van der Waals surface area contributed by atoms with E-state index >= 15 is 0 Å². The first-order valence-electron chi connectivity index (χ1n) is 16.6. The molecule has 0 radical (unpaired) electrons. The zero-order chi connectivity index (χ0) is 33.3. The average Bonchev–Trinajstić information content (AvgIpc) is 3.57. The summed E-state index contributed by atoms with van der Waals surface area (Å²) in [4.78, 5) is 17.0. The topological polar surface area (TPSA) is 55.1 Å². The Kier molecular flexibility index (Phi) is 7.41. The average molecular weight is 643 g/mol. The van der Waals surface area contributed by atoms with Gasteiger partial charge in [0.25, 0.3) is 0 Å². The first-order chi connectivity index (χ1) is 24.8. The van der Waals surface area contributed by atoms with Crippen LogP contribution >= 0.6 is 0 Å². The van der Waals surface area contributed by atoms with E-state index in [1.165, 1.54) is 0 Å². The zero-order valence-corrected chi connectivity index (χ0v) is 27.0. The molecule has 50 heavy (non-hydrogen) atoms. The van der Waals surface area contributed by atoms with Gasteiger partial charge in [0.2, 0.25) is 0 Å². The van der Waals surface area contributed by atoms with Crippen molar-refractivity contribution in [2.45, 2.75) is 0 Å². The Morgan fingerprint density at radius 2 is 0.700 bits per heavy atom. The summed E-state index contributed by atoms with van der Waals surface area (Å²) in [6.45, 7) is 0. The number of anilines is 3. The number of hydrogen-bond donors (Lipinski definition) is 0. The summed E-state index contributed by atoms with van der Waals surface area (Å²) in [6, 6.07) is 62.3. The molecule has 0 aliphatic heterocycles. The van der Waals surface area contributed by atoms with Gasteiger partial charge in [0.05, 0.1) is 0 Å². The van der Waals surface area contributed by atoms with Crippen molar-refractivity contribution in [2.24, 2.45) is 0 Å². The molecule has 0 saturated heterocycles. The molecule has 0 bridgehead atoms. The molecule has 0 saturated carbocycles. The van der Waals surface area contributed by atoms with Gasteiger partial charge in [-0.25, -0.2) is 15.0 Å². The molecular formula is C45H30N4O. The van der Waals surface area contributed by atoms with Crippen molar-refractivity contribution in [3.63, 3.8) is 0 Å². The molecule has 5 nitrogen and oxygen atoms in total. The van der Waals surface area contributed by atoms with Crippen LogP contribution in [-0.4, -0.2) is 15.0 Å². The highest BCUT2D eigenvalue weighted by atomic mass is 16.3. The molecule has 9 rings (SSSR count). The highest BCUT2D eigenvalue weighted by Gasteiger charge is 2.16. The van der Waals surface area contributed by atoms with Crippen LogP contribution in [0, 0.1) is 0 Å². The lowest BCUT2D eigenvalue weighted by atomic mass is 10.0. The summed E-state index contributed by atoms with van der Waals surface area (Å²) in [6.07, 6.45) is 0. The third kappa shape index (κ3) is 5.57. The predicted octanol–water partition coefficient (Wildman–Crippen LogP) is 11.9. The lowest BCUT2D eigenvalue weighted by Gasteiger charge is -2.25. The minimum Gasteiger partial charge on any atom is -0.456 e. The van der Waals surface area contributed by atoms with E-state index in [0.29, 0.717) is 17.5 Å². The first-order valence-corrected chi connectivity index (χ1v) is 16.6. The number of rotatable bonds is 7. The van der Waals surface area contributed by atoms with Crippen LogP contribution in [0.1, 0.15) is 0 Å². The number of hydrogen-bond acceptors (Lipinski definition) is 5. The Labute approximate surface area is 289 Å². The summed E-state index contributed by atoms with van der Waals surface area (Å²) in [5, 5.41) is 2.05. The second kappa shape index (κ2) is 12.6. The van der Waals surface area contributed by atoms with Gasteiger partial charge in [-0.15, -0.1) is 0 Å². The fourth-order valence-electron chi connectivity index (χ4n) is 6.44. The van der Waals surface area contributed by atoms with E-state index in [-0.39, 0.29) is 0 Å². The Hall–Kier alpha value is -6.85. The van der Waals surface area contributed by atoms with Gasteiger partial charge in [-0.3, -0.25) is 0 Å². The number of nitrogens with zero attached hydrogens (tertiary/aromatic N) is 4. The van der Waals surface area contributed by atoms with Gasteiger partial charge in [-0.05, 0) is 77.9 Å². The van der Waals surface area contributed by atoms with Crippen LogP contribution in [0.4, 0.5) is 17.1 Å². The quantitative estimate of drug-likeness (QED) is 0.173. The van der Waals surface area contributed by atoms with Gasteiger partial charge in [-0.2, -0.15) is 0 Å². The third-order valence-corrected chi connectivity index (χ3v) is 8.91. The van der Waals surface area contributed by atoms with Crippen molar-refractivity contribution in [3.05, 3.63) is 182 Å². The maximum Gasteiger partial charge on any atom is 0.164 e. The van der Waals surface area contributed by atoms with Gasteiger partial charge < -0.3 is 9.32 Å². The lowest BCUT2D eigenvalue weighted by molar-refractivity contribution is 0.669. The van der Waals surface area contributed by atoms with Crippen molar-refractivity contribution in [1.29, 1.82) is 0 Å². The number of para-hydroxylation sites is 2. The van der Waals surface area contributed by atoms with Crippen LogP contribution in [-0.2, 0) is 0 Å². The molecule has 0 unspecified atom stereocenters. The third-order valence-electron chi connectivity index (χ3n) is 8.91. The van der Waals surface area contributed by atoms with Crippen molar-refractivity contribution in [1.82, 2.24) is 15.0 Å². The Morgan fingerprint density at radius 3 is 1.20 bits per heavy atom. The molecule has 0 aliphatic rings. The summed E-state index contributed by atoms with van der Waals surface area (Å²) in [7, 11) is 0. The van der Waals surface area contributed by atoms with Crippen LogP contribution < -0.4 is 4.90 Å². The van der Waals surface area contributed by atoms with Crippen molar-refractivity contribution in [2.75, 3.05) is 4.90 Å². The van der Waals surface area contributed by atoms with Crippen LogP contribution in [0.2, 0.25) is 0 Å². The highest BCUT2D eigenvalue weighted by molar-refractivity contribution is 6.07. The van der Waals surface area contributed by atoms with Gasteiger partial charge in [0.1, 0.15) is 11.2 Å². The number of furan rings is 1. The highest BCUT2D eigenvalue weighted by Crippen LogP contribution is 2.38. The molecule has 9 aromatic rings. The van der Waals surface area contributed by atoms with Gasteiger partial charge >= 0.3 is 0 Å². The van der Waals surface area contributed by atoms with Crippen LogP contribution in [0.15, 0.2) is 186 Å². The van der Waals surface area contributed by atoms with Crippen molar-refractivity contribution in [3.8, 4) is 45.3 Å². The molecule has 0 atom stereocenters. The maximum atomic E-state index is 6.31. The number of fused-ring (bicyclic) bond motifs is 3. The van der Waals surface area contributed by atoms with E-state index in [9.17, 15) is 0 Å². The van der Waals surface area contributed by atoms with Crippen molar-refractivity contribution >= 4 is 39.0 Å². The van der Waals surface area contributed by atoms with Gasteiger partial charge in [-0.1, -0.05) is 115 Å². The van der Waals surface area contributed by atoms with E-state index in [1.54, 1.807) is 0 Å². The molecule has 0 spiro atoms. The first kappa shape index (κ1) is 29.3. The molecule has 0 fully saturated rings. The SMILES string of the molecule is c1ccc(-c2nc(-c3ccccc3)nc(-c3ccc4oc5ccc(-c6ccc(N(c7ccccc7)c7ccccc7)cc6)cc5c4c3)n2)cc1. The summed E-state index contributed by atoms with van der Waals surface area (Å²) in [5.74, 6) is 1.88. The maximum absolute atomic E-state index is 6.31. The molecular weight excluding hydrogens is 613 g/mol. The molecule has 0 N–H and O–H groups in total. The molecule has 2 heterocycles. The van der Waals surface area contributed by atoms with Crippen LogP contribution in [0.5, 0.6) is 0 Å². The van der Waals surface area contributed by atoms with Crippen molar-refractivity contribution < 1.29 is 4.42 Å². The largest absolute Gasteiger partial charge is 0.456 e. The summed E-state index contributed by atoms with van der Waals surface area (Å²) in [5.41, 5.74) is 9.98. The predicted molar refractivity (Wildman–Crippen MR) is 204 cm³/mol. The van der Waals surface area contributed by atoms with Crippen LogP contribution in [0.25, 0.3) is 67.2 Å². The standard InChI is InChI=1S/C45H30N4O/c1-5-13-32(14-6-1)43-46-44(33-15-7-2-8-16-33)48-45(47-43)35-24-28-42-40(30-35)39-29-34(23-27-41(39)50-42)31-21-25-38(26-22-31)49(36-17-9-3-10-18-36)37-19-11-4-12-20-37/h1-30H. The smallest absolute Gasteiger partial charge is 0.164 e. The molecule has 0 aliphatic carbocycles. The van der Waals surface area contributed by atoms with Crippen LogP contribution in [0.3, 0.4) is 0 Å².